The Morgan fingerprint density at radius 2 is 2.13 bits per heavy atom. The first-order valence-corrected chi connectivity index (χ1v) is 5.24. The molecule has 1 saturated heterocycles. The molecule has 0 amide bonds. The fourth-order valence-electron chi connectivity index (χ4n) is 1.69. The molecule has 1 aromatic rings. The number of ether oxygens (including phenoxy) is 1. The van der Waals surface area contributed by atoms with Gasteiger partial charge in [-0.25, -0.2) is 0 Å². The van der Waals surface area contributed by atoms with E-state index < -0.39 is 0 Å². The fourth-order valence-corrected chi connectivity index (χ4v) is 1.69. The zero-order chi connectivity index (χ0) is 10.7. The number of ketones is 1. The Hall–Kier alpha value is -1.35. The van der Waals surface area contributed by atoms with Gasteiger partial charge in [-0.3, -0.25) is 4.79 Å². The number of rotatable bonds is 3. The molecule has 1 heterocycles. The van der Waals surface area contributed by atoms with Crippen molar-refractivity contribution < 1.29 is 9.53 Å². The van der Waals surface area contributed by atoms with E-state index in [1.165, 1.54) is 0 Å². The standard InChI is InChI=1S/C12H15NO2/c1-9(14)10-2-4-11(5-3-10)15-12-6-7-13-8-12/h2-5,12-13H,6-8H2,1H3. The molecule has 1 aliphatic rings. The first kappa shape index (κ1) is 10.2. The van der Waals surface area contributed by atoms with Crippen molar-refractivity contribution >= 4 is 5.78 Å². The van der Waals surface area contributed by atoms with Crippen molar-refractivity contribution in [3.05, 3.63) is 29.8 Å². The SMILES string of the molecule is CC(=O)c1ccc(OC2CCNC2)cc1. The number of hydrogen-bond acceptors (Lipinski definition) is 3. The molecule has 1 N–H and O–H groups in total. The van der Waals surface area contributed by atoms with Gasteiger partial charge in [0, 0.05) is 12.1 Å². The molecular formula is C12H15NO2. The Balaban J connectivity index is 2.00. The average molecular weight is 205 g/mol. The minimum Gasteiger partial charge on any atom is -0.489 e. The van der Waals surface area contributed by atoms with Gasteiger partial charge >= 0.3 is 0 Å². The summed E-state index contributed by atoms with van der Waals surface area (Å²) in [6, 6.07) is 7.32. The van der Waals surface area contributed by atoms with Crippen LogP contribution in [0.4, 0.5) is 0 Å². The van der Waals surface area contributed by atoms with Crippen LogP contribution in [0.5, 0.6) is 5.75 Å². The number of hydrogen-bond donors (Lipinski definition) is 1. The van der Waals surface area contributed by atoms with E-state index >= 15 is 0 Å². The molecule has 15 heavy (non-hydrogen) atoms. The summed E-state index contributed by atoms with van der Waals surface area (Å²) >= 11 is 0. The van der Waals surface area contributed by atoms with Crippen LogP contribution in [0.25, 0.3) is 0 Å². The van der Waals surface area contributed by atoms with Gasteiger partial charge in [-0.05, 0) is 44.2 Å². The van der Waals surface area contributed by atoms with Crippen LogP contribution in [0.1, 0.15) is 23.7 Å². The van der Waals surface area contributed by atoms with Crippen LogP contribution in [-0.2, 0) is 0 Å². The largest absolute Gasteiger partial charge is 0.489 e. The minimum atomic E-state index is 0.0871. The molecule has 0 radical (unpaired) electrons. The molecule has 0 saturated carbocycles. The number of benzene rings is 1. The summed E-state index contributed by atoms with van der Waals surface area (Å²) in [5, 5.41) is 3.24. The zero-order valence-electron chi connectivity index (χ0n) is 8.82. The van der Waals surface area contributed by atoms with Crippen LogP contribution < -0.4 is 10.1 Å². The number of Topliss-reactive ketones (excluding diaryl/α,β-unsaturated/α-hetero) is 1. The summed E-state index contributed by atoms with van der Waals surface area (Å²) in [5.74, 6) is 0.929. The van der Waals surface area contributed by atoms with Gasteiger partial charge in [0.15, 0.2) is 5.78 Å². The number of nitrogens with one attached hydrogen (secondary N) is 1. The zero-order valence-corrected chi connectivity index (χ0v) is 8.82. The van der Waals surface area contributed by atoms with Crippen LogP contribution in [0.15, 0.2) is 24.3 Å². The van der Waals surface area contributed by atoms with Crippen molar-refractivity contribution in [3.8, 4) is 5.75 Å². The molecule has 1 fully saturated rings. The molecule has 3 nitrogen and oxygen atoms in total. The molecule has 0 aromatic heterocycles. The number of carbonyl (C=O) groups excluding carboxylic acids is 1. The van der Waals surface area contributed by atoms with Gasteiger partial charge in [-0.1, -0.05) is 0 Å². The summed E-state index contributed by atoms with van der Waals surface area (Å²) in [7, 11) is 0. The highest BCUT2D eigenvalue weighted by atomic mass is 16.5. The highest BCUT2D eigenvalue weighted by Gasteiger charge is 2.15. The van der Waals surface area contributed by atoms with Crippen LogP contribution in [0.2, 0.25) is 0 Å². The molecule has 2 rings (SSSR count). The lowest BCUT2D eigenvalue weighted by atomic mass is 10.1. The van der Waals surface area contributed by atoms with E-state index in [2.05, 4.69) is 5.32 Å². The lowest BCUT2D eigenvalue weighted by Gasteiger charge is -2.12. The smallest absolute Gasteiger partial charge is 0.159 e. The van der Waals surface area contributed by atoms with Gasteiger partial charge in [0.2, 0.25) is 0 Å². The summed E-state index contributed by atoms with van der Waals surface area (Å²) in [4.78, 5) is 11.1. The van der Waals surface area contributed by atoms with E-state index in [0.717, 1.165) is 30.8 Å². The maximum absolute atomic E-state index is 11.1. The Bertz CT molecular complexity index is 339. The highest BCUT2D eigenvalue weighted by molar-refractivity contribution is 5.94. The third-order valence-corrected chi connectivity index (χ3v) is 2.58. The monoisotopic (exact) mass is 205 g/mol. The van der Waals surface area contributed by atoms with Crippen molar-refractivity contribution in [2.75, 3.05) is 13.1 Å². The first-order chi connectivity index (χ1) is 7.25. The summed E-state index contributed by atoms with van der Waals surface area (Å²) in [6.07, 6.45) is 1.32. The van der Waals surface area contributed by atoms with Gasteiger partial charge in [-0.15, -0.1) is 0 Å². The van der Waals surface area contributed by atoms with E-state index in [9.17, 15) is 4.79 Å². The van der Waals surface area contributed by atoms with E-state index in [1.54, 1.807) is 19.1 Å². The van der Waals surface area contributed by atoms with Crippen molar-refractivity contribution in [3.63, 3.8) is 0 Å². The lowest BCUT2D eigenvalue weighted by Crippen LogP contribution is -2.19. The van der Waals surface area contributed by atoms with Crippen LogP contribution >= 0.6 is 0 Å². The molecule has 1 aliphatic heterocycles. The van der Waals surface area contributed by atoms with Crippen LogP contribution in [0, 0.1) is 0 Å². The summed E-state index contributed by atoms with van der Waals surface area (Å²) < 4.78 is 5.74. The molecule has 3 heteroatoms. The minimum absolute atomic E-state index is 0.0871. The quantitative estimate of drug-likeness (QED) is 0.762. The molecule has 0 aliphatic carbocycles. The second-order valence-corrected chi connectivity index (χ2v) is 3.81. The maximum atomic E-state index is 11.1. The Morgan fingerprint density at radius 1 is 1.40 bits per heavy atom. The topological polar surface area (TPSA) is 38.3 Å². The Morgan fingerprint density at radius 3 is 2.67 bits per heavy atom. The second-order valence-electron chi connectivity index (χ2n) is 3.81. The average Bonchev–Trinajstić information content (AvgIpc) is 2.71. The van der Waals surface area contributed by atoms with E-state index in [4.69, 9.17) is 4.74 Å². The van der Waals surface area contributed by atoms with E-state index in [0.29, 0.717) is 0 Å². The Labute approximate surface area is 89.4 Å². The van der Waals surface area contributed by atoms with Gasteiger partial charge in [0.25, 0.3) is 0 Å². The van der Waals surface area contributed by atoms with E-state index in [-0.39, 0.29) is 11.9 Å². The van der Waals surface area contributed by atoms with E-state index in [1.807, 2.05) is 12.1 Å². The lowest BCUT2D eigenvalue weighted by molar-refractivity contribution is 0.101. The molecule has 1 unspecified atom stereocenters. The molecule has 80 valence electrons. The van der Waals surface area contributed by atoms with Gasteiger partial charge < -0.3 is 10.1 Å². The summed E-state index contributed by atoms with van der Waals surface area (Å²) in [6.45, 7) is 3.50. The fraction of sp³-hybridized carbons (Fsp3) is 0.417. The second kappa shape index (κ2) is 4.45. The molecule has 0 spiro atoms. The van der Waals surface area contributed by atoms with Crippen LogP contribution in [0.3, 0.4) is 0 Å². The molecule has 1 atom stereocenters. The molecule has 0 bridgehead atoms. The van der Waals surface area contributed by atoms with Crippen molar-refractivity contribution in [1.82, 2.24) is 5.32 Å². The third kappa shape index (κ3) is 2.57. The molecular weight excluding hydrogens is 190 g/mol. The van der Waals surface area contributed by atoms with Crippen molar-refractivity contribution in [2.24, 2.45) is 0 Å². The van der Waals surface area contributed by atoms with Gasteiger partial charge in [0.1, 0.15) is 11.9 Å². The van der Waals surface area contributed by atoms with Gasteiger partial charge in [0.05, 0.1) is 0 Å². The van der Waals surface area contributed by atoms with Crippen molar-refractivity contribution in [1.29, 1.82) is 0 Å². The Kier molecular flexibility index (Phi) is 3.02. The van der Waals surface area contributed by atoms with Crippen molar-refractivity contribution in [2.45, 2.75) is 19.4 Å². The first-order valence-electron chi connectivity index (χ1n) is 5.24. The normalized spacial score (nSPS) is 20.2. The summed E-state index contributed by atoms with van der Waals surface area (Å²) in [5.41, 5.74) is 0.729. The maximum Gasteiger partial charge on any atom is 0.159 e. The van der Waals surface area contributed by atoms with Crippen LogP contribution in [-0.4, -0.2) is 25.0 Å². The molecule has 1 aromatic carbocycles. The predicted molar refractivity (Wildman–Crippen MR) is 58.3 cm³/mol. The number of carbonyl (C=O) groups is 1. The third-order valence-electron chi connectivity index (χ3n) is 2.58. The highest BCUT2D eigenvalue weighted by Crippen LogP contribution is 2.16. The predicted octanol–water partition coefficient (Wildman–Crippen LogP) is 1.63. The van der Waals surface area contributed by atoms with Gasteiger partial charge in [-0.2, -0.15) is 0 Å².